The van der Waals surface area contributed by atoms with Gasteiger partial charge in [-0.15, -0.1) is 0 Å². The summed E-state index contributed by atoms with van der Waals surface area (Å²) >= 11 is 0. The average molecular weight is 468 g/mol. The van der Waals surface area contributed by atoms with E-state index >= 15 is 0 Å². The van der Waals surface area contributed by atoms with Crippen molar-refractivity contribution < 1.29 is 24.2 Å². The molecular formula is C24H29N5O5. The number of hydrogen-bond donors (Lipinski definition) is 3. The maximum absolute atomic E-state index is 12.8. The van der Waals surface area contributed by atoms with Crippen molar-refractivity contribution in [1.29, 1.82) is 0 Å². The predicted molar refractivity (Wildman–Crippen MR) is 126 cm³/mol. The third kappa shape index (κ3) is 5.07. The van der Waals surface area contributed by atoms with Crippen LogP contribution in [0.5, 0.6) is 11.5 Å². The van der Waals surface area contributed by atoms with Crippen LogP contribution in [-0.2, 0) is 9.53 Å². The number of nitrogens with zero attached hydrogens (tertiary/aromatic N) is 3. The number of rotatable bonds is 7. The lowest BCUT2D eigenvalue weighted by atomic mass is 9.94. The Balaban J connectivity index is 1.58. The Morgan fingerprint density at radius 2 is 2.00 bits per heavy atom. The second-order valence-corrected chi connectivity index (χ2v) is 8.03. The quantitative estimate of drug-likeness (QED) is 0.528. The lowest BCUT2D eigenvalue weighted by Gasteiger charge is -2.37. The van der Waals surface area contributed by atoms with Gasteiger partial charge in [-0.05, 0) is 36.8 Å². The highest BCUT2D eigenvalue weighted by molar-refractivity contribution is 5.95. The van der Waals surface area contributed by atoms with Crippen molar-refractivity contribution in [3.8, 4) is 11.5 Å². The van der Waals surface area contributed by atoms with Crippen molar-refractivity contribution in [2.45, 2.75) is 13.0 Å². The number of carbonyl (C=O) groups excluding carboxylic acids is 2. The Bertz CT molecular complexity index is 1070. The number of aromatic hydroxyl groups is 1. The minimum absolute atomic E-state index is 0.0135. The molecule has 2 aliphatic rings. The van der Waals surface area contributed by atoms with Gasteiger partial charge in [-0.1, -0.05) is 12.1 Å². The number of anilines is 1. The second kappa shape index (κ2) is 10.4. The van der Waals surface area contributed by atoms with Gasteiger partial charge in [0.05, 0.1) is 25.3 Å². The number of ether oxygens (including phenoxy) is 2. The van der Waals surface area contributed by atoms with Crippen LogP contribution >= 0.6 is 0 Å². The van der Waals surface area contributed by atoms with E-state index in [-0.39, 0.29) is 11.5 Å². The number of amides is 2. The molecule has 3 N–H and O–H groups in total. The zero-order valence-corrected chi connectivity index (χ0v) is 19.3. The molecular weight excluding hydrogens is 438 g/mol. The summed E-state index contributed by atoms with van der Waals surface area (Å²) in [6.07, 6.45) is 1.78. The van der Waals surface area contributed by atoms with Gasteiger partial charge < -0.3 is 30.1 Å². The van der Waals surface area contributed by atoms with E-state index in [2.05, 4.69) is 25.4 Å². The highest BCUT2D eigenvalue weighted by Crippen LogP contribution is 2.34. The molecule has 3 heterocycles. The van der Waals surface area contributed by atoms with Gasteiger partial charge in [0.2, 0.25) is 0 Å². The summed E-state index contributed by atoms with van der Waals surface area (Å²) < 4.78 is 10.6. The molecule has 2 aliphatic heterocycles. The summed E-state index contributed by atoms with van der Waals surface area (Å²) in [5, 5.41) is 15.7. The fourth-order valence-electron chi connectivity index (χ4n) is 4.22. The molecule has 1 unspecified atom stereocenters. The summed E-state index contributed by atoms with van der Waals surface area (Å²) in [7, 11) is 1.31. The van der Waals surface area contributed by atoms with Crippen molar-refractivity contribution in [1.82, 2.24) is 20.5 Å². The number of phenols is 1. The van der Waals surface area contributed by atoms with E-state index in [0.29, 0.717) is 30.0 Å². The Hall–Kier alpha value is -3.79. The number of carbonyl (C=O) groups is 2. The van der Waals surface area contributed by atoms with Crippen LogP contribution in [0, 0.1) is 0 Å². The number of methoxy groups -OCH3 is 1. The average Bonchev–Trinajstić information content (AvgIpc) is 2.86. The van der Waals surface area contributed by atoms with Crippen LogP contribution in [0.15, 0.2) is 53.9 Å². The van der Waals surface area contributed by atoms with Gasteiger partial charge in [0, 0.05) is 44.6 Å². The molecule has 10 heteroatoms. The van der Waals surface area contributed by atoms with Gasteiger partial charge in [-0.25, -0.2) is 14.6 Å². The summed E-state index contributed by atoms with van der Waals surface area (Å²) in [5.41, 5.74) is 1.43. The monoisotopic (exact) mass is 467 g/mol. The maximum atomic E-state index is 12.8. The molecule has 1 aromatic heterocycles. The van der Waals surface area contributed by atoms with Crippen LogP contribution in [0.1, 0.15) is 18.5 Å². The molecule has 0 saturated carbocycles. The van der Waals surface area contributed by atoms with Gasteiger partial charge >= 0.3 is 12.0 Å². The van der Waals surface area contributed by atoms with E-state index in [4.69, 9.17) is 9.47 Å². The van der Waals surface area contributed by atoms with Crippen LogP contribution < -0.4 is 20.3 Å². The molecule has 34 heavy (non-hydrogen) atoms. The molecule has 2 aromatic rings. The van der Waals surface area contributed by atoms with E-state index in [9.17, 15) is 14.7 Å². The fraction of sp³-hybridized carbons (Fsp3) is 0.375. The number of aromatic nitrogens is 1. The molecule has 4 rings (SSSR count). The fourth-order valence-corrected chi connectivity index (χ4v) is 4.22. The van der Waals surface area contributed by atoms with Crippen molar-refractivity contribution in [2.24, 2.45) is 0 Å². The lowest BCUT2D eigenvalue weighted by Crippen LogP contribution is -2.51. The molecule has 0 spiro atoms. The molecule has 1 fully saturated rings. The molecule has 180 valence electrons. The van der Waals surface area contributed by atoms with Crippen molar-refractivity contribution in [3.63, 3.8) is 0 Å². The zero-order valence-electron chi connectivity index (χ0n) is 19.3. The predicted octanol–water partition coefficient (Wildman–Crippen LogP) is 1.79. The lowest BCUT2D eigenvalue weighted by molar-refractivity contribution is -0.136. The molecule has 0 aliphatic carbocycles. The largest absolute Gasteiger partial charge is 0.504 e. The number of pyridine rings is 1. The maximum Gasteiger partial charge on any atom is 0.338 e. The number of hydrogen-bond acceptors (Lipinski definition) is 8. The second-order valence-electron chi connectivity index (χ2n) is 8.03. The summed E-state index contributed by atoms with van der Waals surface area (Å²) in [6, 6.07) is 9.45. The highest BCUT2D eigenvalue weighted by atomic mass is 16.5. The first kappa shape index (κ1) is 23.4. The summed E-state index contributed by atoms with van der Waals surface area (Å²) in [5.74, 6) is 0.666. The summed E-state index contributed by atoms with van der Waals surface area (Å²) in [6.45, 7) is 5.62. The minimum atomic E-state index is -0.745. The van der Waals surface area contributed by atoms with E-state index < -0.39 is 18.0 Å². The van der Waals surface area contributed by atoms with E-state index in [0.717, 1.165) is 32.0 Å². The SMILES string of the molecule is CCOc1cc(C2NC(=O)NC(CN3CCN(c4ccccn4)CC3)=C2C(=O)OC)ccc1O. The van der Waals surface area contributed by atoms with Crippen LogP contribution in [0.4, 0.5) is 10.6 Å². The van der Waals surface area contributed by atoms with E-state index in [1.807, 2.05) is 25.1 Å². The third-order valence-electron chi connectivity index (χ3n) is 5.90. The first-order valence-corrected chi connectivity index (χ1v) is 11.2. The van der Waals surface area contributed by atoms with Gasteiger partial charge in [0.1, 0.15) is 5.82 Å². The number of benzene rings is 1. The first-order chi connectivity index (χ1) is 16.5. The molecule has 1 saturated heterocycles. The van der Waals surface area contributed by atoms with Crippen molar-refractivity contribution in [3.05, 3.63) is 59.4 Å². The van der Waals surface area contributed by atoms with E-state index in [1.165, 1.54) is 13.2 Å². The molecule has 1 atom stereocenters. The Kier molecular flexibility index (Phi) is 7.17. The molecule has 2 amide bonds. The van der Waals surface area contributed by atoms with Gasteiger partial charge in [0.25, 0.3) is 0 Å². The standard InChI is InChI=1S/C24H29N5O5/c1-3-34-19-14-16(7-8-18(19)30)22-21(23(31)33-2)17(26-24(32)27-22)15-28-10-12-29(13-11-28)20-6-4-5-9-25-20/h4-9,14,22,30H,3,10-13,15H2,1-2H3,(H2,26,27,32). The molecule has 0 radical (unpaired) electrons. The Morgan fingerprint density at radius 1 is 1.21 bits per heavy atom. The van der Waals surface area contributed by atoms with Crippen LogP contribution in [0.2, 0.25) is 0 Å². The first-order valence-electron chi connectivity index (χ1n) is 11.2. The Labute approximate surface area is 198 Å². The highest BCUT2D eigenvalue weighted by Gasteiger charge is 2.35. The molecule has 10 nitrogen and oxygen atoms in total. The van der Waals surface area contributed by atoms with Crippen LogP contribution in [0.3, 0.4) is 0 Å². The number of phenolic OH excluding ortho intramolecular Hbond substituents is 1. The Morgan fingerprint density at radius 3 is 2.68 bits per heavy atom. The molecule has 0 bridgehead atoms. The van der Waals surface area contributed by atoms with Crippen LogP contribution in [-0.4, -0.2) is 73.4 Å². The number of urea groups is 1. The number of nitrogens with one attached hydrogen (secondary N) is 2. The number of piperazine rings is 1. The summed E-state index contributed by atoms with van der Waals surface area (Å²) in [4.78, 5) is 34.2. The van der Waals surface area contributed by atoms with E-state index in [1.54, 1.807) is 18.3 Å². The third-order valence-corrected chi connectivity index (χ3v) is 5.90. The van der Waals surface area contributed by atoms with Gasteiger partial charge in [-0.2, -0.15) is 0 Å². The zero-order chi connectivity index (χ0) is 24.1. The minimum Gasteiger partial charge on any atom is -0.504 e. The van der Waals surface area contributed by atoms with Crippen molar-refractivity contribution in [2.75, 3.05) is 51.3 Å². The van der Waals surface area contributed by atoms with Gasteiger partial charge in [-0.3, -0.25) is 4.90 Å². The van der Waals surface area contributed by atoms with Crippen molar-refractivity contribution >= 4 is 17.8 Å². The van der Waals surface area contributed by atoms with Gasteiger partial charge in [0.15, 0.2) is 11.5 Å². The topological polar surface area (TPSA) is 116 Å². The number of esters is 1. The smallest absolute Gasteiger partial charge is 0.338 e. The van der Waals surface area contributed by atoms with Crippen LogP contribution in [0.25, 0.3) is 0 Å². The molecule has 1 aromatic carbocycles. The normalized spacial score (nSPS) is 18.8.